The van der Waals surface area contributed by atoms with Crippen molar-refractivity contribution in [2.45, 2.75) is 0 Å². The van der Waals surface area contributed by atoms with Gasteiger partial charge in [-0.05, 0) is 34.7 Å². The van der Waals surface area contributed by atoms with Gasteiger partial charge in [-0.15, -0.1) is 0 Å². The fourth-order valence-corrected chi connectivity index (χ4v) is 1.25. The van der Waals surface area contributed by atoms with Crippen LogP contribution in [-0.4, -0.2) is 11.1 Å². The molecule has 0 aliphatic heterocycles. The third kappa shape index (κ3) is 2.75. The first-order valence-electron chi connectivity index (χ1n) is 2.69. The average Bonchev–Trinajstić information content (AvgIpc) is 1.88. The Labute approximate surface area is 81.8 Å². The molecular weight excluding hydrogens is 274 g/mol. The number of rotatable bonds is 1. The van der Waals surface area contributed by atoms with Crippen molar-refractivity contribution in [3.63, 3.8) is 0 Å². The maximum absolute atomic E-state index is 10.4. The molecule has 11 heavy (non-hydrogen) atoms. The molecule has 1 N–H and O–H groups in total. The summed E-state index contributed by atoms with van der Waals surface area (Å²) < 4.78 is 0.771. The third-order valence-electron chi connectivity index (χ3n) is 1.10. The maximum Gasteiger partial charge on any atom is 0.336 e. The summed E-state index contributed by atoms with van der Waals surface area (Å²) in [6, 6.07) is 6.88. The fourth-order valence-electron chi connectivity index (χ4n) is 0.635. The van der Waals surface area contributed by atoms with E-state index in [4.69, 9.17) is 5.11 Å². The molecule has 0 spiro atoms. The first kappa shape index (κ1) is 10.8. The molecule has 1 unspecified atom stereocenters. The van der Waals surface area contributed by atoms with Gasteiger partial charge in [0, 0.05) is 3.57 Å². The number of benzene rings is 1. The zero-order valence-electron chi connectivity index (χ0n) is 5.75. The summed E-state index contributed by atoms with van der Waals surface area (Å²) in [5, 5.41) is 8.56. The lowest BCUT2D eigenvalue weighted by Crippen LogP contribution is -1.97. The van der Waals surface area contributed by atoms with Crippen LogP contribution in [0.2, 0.25) is 0 Å². The molecule has 1 atom stereocenters. The number of carboxylic acid groups (broad SMARTS) is 1. The van der Waals surface area contributed by atoms with Gasteiger partial charge < -0.3 is 5.11 Å². The number of halogens is 1. The van der Waals surface area contributed by atoms with E-state index in [0.717, 1.165) is 3.57 Å². The highest BCUT2D eigenvalue weighted by atomic mass is 127. The minimum absolute atomic E-state index is 0. The van der Waals surface area contributed by atoms with Crippen LogP contribution in [0.5, 0.6) is 0 Å². The molecule has 0 radical (unpaired) electrons. The molecule has 0 aromatic heterocycles. The second-order valence-corrected chi connectivity index (χ2v) is 2.95. The molecule has 2 nitrogen and oxygen atoms in total. The van der Waals surface area contributed by atoms with Crippen molar-refractivity contribution >= 4 is 38.5 Å². The SMILES string of the molecule is O=C(O)c1ccccc1I.P. The summed E-state index contributed by atoms with van der Waals surface area (Å²) in [6.07, 6.45) is 0. The number of hydrogen-bond donors (Lipinski definition) is 1. The minimum atomic E-state index is -0.870. The van der Waals surface area contributed by atoms with Crippen molar-refractivity contribution < 1.29 is 9.90 Å². The van der Waals surface area contributed by atoms with Crippen molar-refractivity contribution in [2.24, 2.45) is 0 Å². The molecule has 0 aliphatic carbocycles. The predicted octanol–water partition coefficient (Wildman–Crippen LogP) is 2.05. The summed E-state index contributed by atoms with van der Waals surface area (Å²) in [4.78, 5) is 10.4. The molecular formula is C7H8IO2P. The molecule has 1 aromatic carbocycles. The van der Waals surface area contributed by atoms with Crippen molar-refractivity contribution in [1.82, 2.24) is 0 Å². The highest BCUT2D eigenvalue weighted by molar-refractivity contribution is 14.1. The molecule has 0 heterocycles. The fraction of sp³-hybridized carbons (Fsp3) is 0. The third-order valence-corrected chi connectivity index (χ3v) is 2.04. The Hall–Kier alpha value is -0.150. The van der Waals surface area contributed by atoms with Gasteiger partial charge in [0.25, 0.3) is 0 Å². The van der Waals surface area contributed by atoms with Gasteiger partial charge in [0.1, 0.15) is 0 Å². The van der Waals surface area contributed by atoms with Gasteiger partial charge in [0.05, 0.1) is 5.56 Å². The number of hydrogen-bond acceptors (Lipinski definition) is 1. The first-order valence-corrected chi connectivity index (χ1v) is 3.77. The zero-order valence-corrected chi connectivity index (χ0v) is 9.32. The van der Waals surface area contributed by atoms with Crippen molar-refractivity contribution in [2.75, 3.05) is 0 Å². The van der Waals surface area contributed by atoms with Gasteiger partial charge in [0.2, 0.25) is 0 Å². The lowest BCUT2D eigenvalue weighted by Gasteiger charge is -1.94. The van der Waals surface area contributed by atoms with E-state index < -0.39 is 5.97 Å². The lowest BCUT2D eigenvalue weighted by atomic mass is 10.2. The van der Waals surface area contributed by atoms with Gasteiger partial charge in [0.15, 0.2) is 0 Å². The van der Waals surface area contributed by atoms with E-state index in [1.807, 2.05) is 28.7 Å². The minimum Gasteiger partial charge on any atom is -0.478 e. The van der Waals surface area contributed by atoms with Crippen LogP contribution in [0.3, 0.4) is 0 Å². The Balaban J connectivity index is 0.000001000. The summed E-state index contributed by atoms with van der Waals surface area (Å²) in [6.45, 7) is 0. The highest BCUT2D eigenvalue weighted by Gasteiger charge is 2.04. The van der Waals surface area contributed by atoms with E-state index >= 15 is 0 Å². The van der Waals surface area contributed by atoms with Crippen LogP contribution >= 0.6 is 32.5 Å². The van der Waals surface area contributed by atoms with Crippen LogP contribution in [-0.2, 0) is 0 Å². The first-order chi connectivity index (χ1) is 4.72. The second kappa shape index (κ2) is 4.67. The largest absolute Gasteiger partial charge is 0.478 e. The molecule has 60 valence electrons. The monoisotopic (exact) mass is 282 g/mol. The Bertz CT molecular complexity index is 262. The van der Waals surface area contributed by atoms with Crippen LogP contribution in [0.15, 0.2) is 24.3 Å². The molecule has 0 bridgehead atoms. The van der Waals surface area contributed by atoms with Crippen molar-refractivity contribution in [1.29, 1.82) is 0 Å². The topological polar surface area (TPSA) is 37.3 Å². The van der Waals surface area contributed by atoms with Crippen LogP contribution in [0.4, 0.5) is 0 Å². The second-order valence-electron chi connectivity index (χ2n) is 1.78. The quantitative estimate of drug-likeness (QED) is 0.632. The number of carbonyl (C=O) groups is 1. The summed E-state index contributed by atoms with van der Waals surface area (Å²) in [7, 11) is 0. The Kier molecular flexibility index (Phi) is 4.61. The molecule has 0 fully saturated rings. The van der Waals surface area contributed by atoms with Gasteiger partial charge in [-0.3, -0.25) is 0 Å². The van der Waals surface area contributed by atoms with Crippen LogP contribution < -0.4 is 0 Å². The Morgan fingerprint density at radius 1 is 1.36 bits per heavy atom. The van der Waals surface area contributed by atoms with E-state index in [9.17, 15) is 4.79 Å². The average molecular weight is 282 g/mol. The van der Waals surface area contributed by atoms with Gasteiger partial charge in [-0.1, -0.05) is 12.1 Å². The van der Waals surface area contributed by atoms with Gasteiger partial charge in [-0.25, -0.2) is 4.79 Å². The molecule has 1 aromatic rings. The predicted molar refractivity (Wildman–Crippen MR) is 57.2 cm³/mol. The summed E-state index contributed by atoms with van der Waals surface area (Å²) in [5.74, 6) is -0.870. The van der Waals surface area contributed by atoms with E-state index in [1.54, 1.807) is 18.2 Å². The smallest absolute Gasteiger partial charge is 0.336 e. The van der Waals surface area contributed by atoms with Crippen molar-refractivity contribution in [3.8, 4) is 0 Å². The van der Waals surface area contributed by atoms with Gasteiger partial charge in [-0.2, -0.15) is 9.90 Å². The van der Waals surface area contributed by atoms with E-state index in [1.165, 1.54) is 0 Å². The highest BCUT2D eigenvalue weighted by Crippen LogP contribution is 2.10. The van der Waals surface area contributed by atoms with Crippen LogP contribution in [0, 0.1) is 3.57 Å². The normalized spacial score (nSPS) is 8.45. The van der Waals surface area contributed by atoms with Crippen molar-refractivity contribution in [3.05, 3.63) is 33.4 Å². The Morgan fingerprint density at radius 3 is 2.27 bits per heavy atom. The van der Waals surface area contributed by atoms with E-state index in [0.29, 0.717) is 5.56 Å². The molecule has 0 aliphatic rings. The lowest BCUT2D eigenvalue weighted by molar-refractivity contribution is 0.0696. The molecule has 4 heteroatoms. The van der Waals surface area contributed by atoms with E-state index in [2.05, 4.69) is 0 Å². The number of carboxylic acids is 1. The molecule has 0 saturated heterocycles. The molecule has 0 saturated carbocycles. The van der Waals surface area contributed by atoms with Crippen LogP contribution in [0.25, 0.3) is 0 Å². The molecule has 0 amide bonds. The standard InChI is InChI=1S/C7H5IO2.H3P/c8-6-4-2-1-3-5(6)7(9)10;/h1-4H,(H,9,10);1H3. The molecule has 1 rings (SSSR count). The van der Waals surface area contributed by atoms with E-state index in [-0.39, 0.29) is 9.90 Å². The Morgan fingerprint density at radius 2 is 1.91 bits per heavy atom. The summed E-state index contributed by atoms with van der Waals surface area (Å²) in [5.41, 5.74) is 0.364. The zero-order chi connectivity index (χ0) is 7.56. The maximum atomic E-state index is 10.4. The van der Waals surface area contributed by atoms with Gasteiger partial charge >= 0.3 is 5.97 Å². The summed E-state index contributed by atoms with van der Waals surface area (Å²) >= 11 is 1.99. The number of aromatic carboxylic acids is 1. The van der Waals surface area contributed by atoms with Crippen LogP contribution in [0.1, 0.15) is 10.4 Å².